The number of halogens is 2. The van der Waals surface area contributed by atoms with Crippen molar-refractivity contribution in [2.75, 3.05) is 7.11 Å². The summed E-state index contributed by atoms with van der Waals surface area (Å²) < 4.78 is 6.80. The molecule has 94 valence electrons. The smallest absolute Gasteiger partial charge is 0.264 e. The van der Waals surface area contributed by atoms with Gasteiger partial charge in [-0.2, -0.15) is 0 Å². The van der Waals surface area contributed by atoms with Crippen molar-refractivity contribution in [1.82, 2.24) is 5.32 Å². The third kappa shape index (κ3) is 2.78. The van der Waals surface area contributed by atoms with Gasteiger partial charge >= 0.3 is 0 Å². The van der Waals surface area contributed by atoms with E-state index in [1.165, 1.54) is 0 Å². The minimum absolute atomic E-state index is 0.151. The van der Waals surface area contributed by atoms with Crippen LogP contribution >= 0.6 is 43.6 Å². The summed E-state index contributed by atoms with van der Waals surface area (Å²) in [4.78, 5) is 12.0. The maximum atomic E-state index is 11.5. The van der Waals surface area contributed by atoms with Crippen molar-refractivity contribution in [3.8, 4) is 5.75 Å². The number of benzene rings is 1. The topological polar surface area (TPSA) is 62.2 Å². The van der Waals surface area contributed by atoms with E-state index in [0.29, 0.717) is 10.7 Å². The largest absolute Gasteiger partial charge is 0.494 e. The van der Waals surface area contributed by atoms with Crippen molar-refractivity contribution >= 4 is 60.8 Å². The monoisotopic (exact) mass is 390 g/mol. The summed E-state index contributed by atoms with van der Waals surface area (Å²) in [5.41, 5.74) is 0.849. The molecule has 0 saturated carbocycles. The molecule has 1 aliphatic heterocycles. The van der Waals surface area contributed by atoms with Gasteiger partial charge in [0.15, 0.2) is 5.17 Å². The first-order chi connectivity index (χ1) is 8.51. The van der Waals surface area contributed by atoms with Crippen LogP contribution in [-0.2, 0) is 4.79 Å². The van der Waals surface area contributed by atoms with Crippen LogP contribution in [0.15, 0.2) is 26.0 Å². The Bertz CT molecular complexity index is 549. The van der Waals surface area contributed by atoms with Crippen molar-refractivity contribution in [2.45, 2.75) is 0 Å². The molecular formula is C11H8Br2N2O2S. The molecule has 0 bridgehead atoms. The summed E-state index contributed by atoms with van der Waals surface area (Å²) in [6, 6.07) is 3.71. The maximum absolute atomic E-state index is 11.5. The van der Waals surface area contributed by atoms with Crippen molar-refractivity contribution in [3.05, 3.63) is 31.5 Å². The standard InChI is InChI=1S/C11H8Br2N2O2S/c1-17-9-6(12)2-5(3-7(9)13)4-8-10(16)15-11(14)18-8/h2-4H,1H3,(H2,14,15,16). The molecule has 1 amide bonds. The van der Waals surface area contributed by atoms with Crippen molar-refractivity contribution < 1.29 is 9.53 Å². The molecule has 0 spiro atoms. The van der Waals surface area contributed by atoms with Crippen LogP contribution in [0.2, 0.25) is 0 Å². The van der Waals surface area contributed by atoms with Gasteiger partial charge in [-0.05, 0) is 67.4 Å². The molecule has 0 aromatic heterocycles. The lowest BCUT2D eigenvalue weighted by atomic mass is 10.2. The van der Waals surface area contributed by atoms with Gasteiger partial charge in [0.05, 0.1) is 21.0 Å². The lowest BCUT2D eigenvalue weighted by Crippen LogP contribution is -2.18. The predicted octanol–water partition coefficient (Wildman–Crippen LogP) is 3.36. The second-order valence-corrected chi connectivity index (χ2v) is 6.17. The van der Waals surface area contributed by atoms with E-state index in [9.17, 15) is 4.79 Å². The number of ether oxygens (including phenoxy) is 1. The van der Waals surface area contributed by atoms with Crippen LogP contribution in [0.5, 0.6) is 5.75 Å². The van der Waals surface area contributed by atoms with Gasteiger partial charge in [0.1, 0.15) is 5.75 Å². The van der Waals surface area contributed by atoms with Crippen LogP contribution in [0.1, 0.15) is 5.56 Å². The van der Waals surface area contributed by atoms with E-state index < -0.39 is 0 Å². The summed E-state index contributed by atoms with van der Waals surface area (Å²) in [6.07, 6.45) is 1.73. The fraction of sp³-hybridized carbons (Fsp3) is 0.0909. The average molecular weight is 392 g/mol. The lowest BCUT2D eigenvalue weighted by molar-refractivity contribution is -0.115. The second kappa shape index (κ2) is 5.46. The normalized spacial score (nSPS) is 17.2. The first-order valence-corrected chi connectivity index (χ1v) is 7.24. The molecule has 2 rings (SSSR count). The van der Waals surface area contributed by atoms with E-state index in [1.807, 2.05) is 12.1 Å². The fourth-order valence-electron chi connectivity index (χ4n) is 1.45. The first-order valence-electron chi connectivity index (χ1n) is 4.83. The molecule has 2 N–H and O–H groups in total. The highest BCUT2D eigenvalue weighted by Gasteiger charge is 2.22. The molecule has 0 atom stereocenters. The van der Waals surface area contributed by atoms with Gasteiger partial charge in [-0.25, -0.2) is 0 Å². The van der Waals surface area contributed by atoms with Crippen molar-refractivity contribution in [1.29, 1.82) is 5.41 Å². The molecule has 0 radical (unpaired) electrons. The summed E-state index contributed by atoms with van der Waals surface area (Å²) in [5.74, 6) is 0.460. The van der Waals surface area contributed by atoms with Crippen LogP contribution in [-0.4, -0.2) is 18.2 Å². The van der Waals surface area contributed by atoms with E-state index in [4.69, 9.17) is 10.1 Å². The second-order valence-electron chi connectivity index (χ2n) is 3.41. The fourth-order valence-corrected chi connectivity index (χ4v) is 3.70. The molecule has 1 fully saturated rings. The summed E-state index contributed by atoms with van der Waals surface area (Å²) in [5, 5.41) is 9.96. The van der Waals surface area contributed by atoms with Crippen molar-refractivity contribution in [2.24, 2.45) is 0 Å². The van der Waals surface area contributed by atoms with Gasteiger partial charge in [-0.1, -0.05) is 0 Å². The third-order valence-electron chi connectivity index (χ3n) is 2.19. The number of carbonyl (C=O) groups excluding carboxylic acids is 1. The van der Waals surface area contributed by atoms with Gasteiger partial charge in [0.25, 0.3) is 5.91 Å². The van der Waals surface area contributed by atoms with E-state index in [2.05, 4.69) is 37.2 Å². The van der Waals surface area contributed by atoms with E-state index in [0.717, 1.165) is 26.3 Å². The Hall–Kier alpha value is -0.790. The molecule has 1 saturated heterocycles. The van der Waals surface area contributed by atoms with Gasteiger partial charge in [-0.3, -0.25) is 10.2 Å². The van der Waals surface area contributed by atoms with Gasteiger partial charge < -0.3 is 10.1 Å². The van der Waals surface area contributed by atoms with Crippen LogP contribution in [0, 0.1) is 5.41 Å². The Morgan fingerprint density at radius 3 is 2.44 bits per heavy atom. The van der Waals surface area contributed by atoms with Crippen molar-refractivity contribution in [3.63, 3.8) is 0 Å². The molecule has 7 heteroatoms. The Balaban J connectivity index is 2.39. The number of carbonyl (C=O) groups is 1. The minimum Gasteiger partial charge on any atom is -0.494 e. The number of methoxy groups -OCH3 is 1. The van der Waals surface area contributed by atoms with Gasteiger partial charge in [0.2, 0.25) is 0 Å². The van der Waals surface area contributed by atoms with E-state index in [1.54, 1.807) is 13.2 Å². The zero-order valence-corrected chi connectivity index (χ0v) is 13.2. The average Bonchev–Trinajstić information content (AvgIpc) is 2.57. The van der Waals surface area contributed by atoms with Crippen LogP contribution < -0.4 is 10.1 Å². The molecule has 1 aromatic rings. The summed E-state index contributed by atoms with van der Waals surface area (Å²) >= 11 is 7.91. The van der Waals surface area contributed by atoms with Crippen LogP contribution in [0.4, 0.5) is 0 Å². The minimum atomic E-state index is -0.243. The molecule has 1 aliphatic rings. The number of rotatable bonds is 2. The summed E-state index contributed by atoms with van der Waals surface area (Å²) in [6.45, 7) is 0. The number of amidine groups is 1. The molecule has 1 aromatic carbocycles. The number of nitrogens with one attached hydrogen (secondary N) is 2. The molecule has 4 nitrogen and oxygen atoms in total. The van der Waals surface area contributed by atoms with Gasteiger partial charge in [0, 0.05) is 0 Å². The zero-order chi connectivity index (χ0) is 13.3. The quantitative estimate of drug-likeness (QED) is 0.760. The van der Waals surface area contributed by atoms with Crippen LogP contribution in [0.3, 0.4) is 0 Å². The predicted molar refractivity (Wildman–Crippen MR) is 79.8 cm³/mol. The number of hydrogen-bond donors (Lipinski definition) is 2. The maximum Gasteiger partial charge on any atom is 0.264 e. The highest BCUT2D eigenvalue weighted by Crippen LogP contribution is 2.36. The lowest BCUT2D eigenvalue weighted by Gasteiger charge is -2.07. The number of hydrogen-bond acceptors (Lipinski definition) is 4. The Kier molecular flexibility index (Phi) is 4.14. The highest BCUT2D eigenvalue weighted by molar-refractivity contribution is 9.11. The highest BCUT2D eigenvalue weighted by atomic mass is 79.9. The number of amides is 1. The SMILES string of the molecule is COc1c(Br)cc(C=C2SC(=N)NC2=O)cc1Br. The third-order valence-corrected chi connectivity index (χ3v) is 4.19. The van der Waals surface area contributed by atoms with Gasteiger partial charge in [-0.15, -0.1) is 0 Å². The van der Waals surface area contributed by atoms with E-state index in [-0.39, 0.29) is 11.1 Å². The molecule has 1 heterocycles. The molecule has 0 aliphatic carbocycles. The molecule has 0 unspecified atom stereocenters. The molecular weight excluding hydrogens is 384 g/mol. The molecule has 18 heavy (non-hydrogen) atoms. The Morgan fingerprint density at radius 1 is 1.39 bits per heavy atom. The van der Waals surface area contributed by atoms with E-state index >= 15 is 0 Å². The Morgan fingerprint density at radius 2 is 2.00 bits per heavy atom. The summed E-state index contributed by atoms with van der Waals surface area (Å²) in [7, 11) is 1.59. The zero-order valence-electron chi connectivity index (χ0n) is 9.21. The number of thioether (sulfide) groups is 1. The van der Waals surface area contributed by atoms with Crippen LogP contribution in [0.25, 0.3) is 6.08 Å². The first kappa shape index (κ1) is 13.6. The Labute approximate surface area is 125 Å².